The van der Waals surface area contributed by atoms with E-state index in [0.717, 1.165) is 12.0 Å². The van der Waals surface area contributed by atoms with Crippen LogP contribution < -0.4 is 5.32 Å². The van der Waals surface area contributed by atoms with E-state index in [-0.39, 0.29) is 17.7 Å². The van der Waals surface area contributed by atoms with Crippen molar-refractivity contribution in [3.05, 3.63) is 34.9 Å². The molecule has 5 heteroatoms. The van der Waals surface area contributed by atoms with Crippen LogP contribution in [0.2, 0.25) is 5.02 Å². The van der Waals surface area contributed by atoms with Gasteiger partial charge in [0.25, 0.3) is 0 Å². The highest BCUT2D eigenvalue weighted by Crippen LogP contribution is 2.31. The van der Waals surface area contributed by atoms with Crippen LogP contribution in [0.25, 0.3) is 0 Å². The lowest BCUT2D eigenvalue weighted by Crippen LogP contribution is -2.31. The third-order valence-corrected chi connectivity index (χ3v) is 4.03. The van der Waals surface area contributed by atoms with Crippen LogP contribution in [0.4, 0.5) is 0 Å². The number of benzene rings is 1. The SMILES string of the molecule is O=C(O)C1CCC(C(=O)NCCc2ccc(Cl)cc2)C1. The molecule has 2 N–H and O–H groups in total. The minimum absolute atomic E-state index is 0.0253. The number of carboxylic acid groups (broad SMARTS) is 1. The smallest absolute Gasteiger partial charge is 0.306 e. The van der Waals surface area contributed by atoms with E-state index in [2.05, 4.69) is 5.32 Å². The van der Waals surface area contributed by atoms with E-state index in [1.807, 2.05) is 24.3 Å². The highest BCUT2D eigenvalue weighted by Gasteiger charge is 2.33. The predicted molar refractivity (Wildman–Crippen MR) is 76.6 cm³/mol. The number of nitrogens with one attached hydrogen (secondary N) is 1. The summed E-state index contributed by atoms with van der Waals surface area (Å²) in [7, 11) is 0. The van der Waals surface area contributed by atoms with Crippen LogP contribution in [0.3, 0.4) is 0 Å². The van der Waals surface area contributed by atoms with Crippen LogP contribution in [0.5, 0.6) is 0 Å². The van der Waals surface area contributed by atoms with Crippen molar-refractivity contribution in [2.45, 2.75) is 25.7 Å². The quantitative estimate of drug-likeness (QED) is 0.877. The molecule has 1 aromatic rings. The third kappa shape index (κ3) is 3.97. The van der Waals surface area contributed by atoms with Gasteiger partial charge in [-0.3, -0.25) is 9.59 Å². The lowest BCUT2D eigenvalue weighted by Gasteiger charge is -2.10. The van der Waals surface area contributed by atoms with Gasteiger partial charge < -0.3 is 10.4 Å². The number of halogens is 1. The van der Waals surface area contributed by atoms with Crippen LogP contribution in [0, 0.1) is 11.8 Å². The van der Waals surface area contributed by atoms with Gasteiger partial charge in [0.1, 0.15) is 0 Å². The Morgan fingerprint density at radius 3 is 2.45 bits per heavy atom. The van der Waals surface area contributed by atoms with E-state index in [1.165, 1.54) is 0 Å². The molecule has 108 valence electrons. The second kappa shape index (κ2) is 6.75. The molecule has 1 aliphatic carbocycles. The highest BCUT2D eigenvalue weighted by atomic mass is 35.5. The van der Waals surface area contributed by atoms with Crippen molar-refractivity contribution in [1.29, 1.82) is 0 Å². The van der Waals surface area contributed by atoms with E-state index in [9.17, 15) is 9.59 Å². The van der Waals surface area contributed by atoms with E-state index in [0.29, 0.717) is 30.8 Å². The maximum Gasteiger partial charge on any atom is 0.306 e. The van der Waals surface area contributed by atoms with Crippen LogP contribution in [-0.2, 0) is 16.0 Å². The second-order valence-corrected chi connectivity index (χ2v) is 5.65. The Hall–Kier alpha value is -1.55. The Labute approximate surface area is 123 Å². The lowest BCUT2D eigenvalue weighted by molar-refractivity contribution is -0.141. The maximum absolute atomic E-state index is 11.9. The average Bonchev–Trinajstić information content (AvgIpc) is 2.91. The molecule has 2 unspecified atom stereocenters. The number of aliphatic carboxylic acids is 1. The van der Waals surface area contributed by atoms with Crippen molar-refractivity contribution in [2.75, 3.05) is 6.54 Å². The number of amides is 1. The number of carbonyl (C=O) groups excluding carboxylic acids is 1. The number of carbonyl (C=O) groups is 2. The summed E-state index contributed by atoms with van der Waals surface area (Å²) in [6, 6.07) is 7.52. The molecule has 0 radical (unpaired) electrons. The molecule has 1 saturated carbocycles. The maximum atomic E-state index is 11.9. The molecule has 1 amide bonds. The summed E-state index contributed by atoms with van der Waals surface area (Å²) in [4.78, 5) is 22.8. The fourth-order valence-corrected chi connectivity index (χ4v) is 2.70. The largest absolute Gasteiger partial charge is 0.481 e. The molecular formula is C15H18ClNO3. The van der Waals surface area contributed by atoms with Crippen molar-refractivity contribution in [2.24, 2.45) is 11.8 Å². The van der Waals surface area contributed by atoms with E-state index >= 15 is 0 Å². The van der Waals surface area contributed by atoms with Gasteiger partial charge in [0.15, 0.2) is 0 Å². The molecule has 0 spiro atoms. The van der Waals surface area contributed by atoms with E-state index in [4.69, 9.17) is 16.7 Å². The van der Waals surface area contributed by atoms with Gasteiger partial charge in [-0.25, -0.2) is 0 Å². The summed E-state index contributed by atoms with van der Waals surface area (Å²) in [5.74, 6) is -1.33. The molecule has 0 aromatic heterocycles. The molecule has 1 aliphatic rings. The predicted octanol–water partition coefficient (Wildman–Crippen LogP) is 2.50. The molecule has 2 rings (SSSR count). The number of rotatable bonds is 5. The second-order valence-electron chi connectivity index (χ2n) is 5.21. The summed E-state index contributed by atoms with van der Waals surface area (Å²) in [6.07, 6.45) is 2.48. The topological polar surface area (TPSA) is 66.4 Å². The molecule has 0 aliphatic heterocycles. The fraction of sp³-hybridized carbons (Fsp3) is 0.467. The average molecular weight is 296 g/mol. The first-order valence-electron chi connectivity index (χ1n) is 6.81. The van der Waals surface area contributed by atoms with Crippen LogP contribution in [0.15, 0.2) is 24.3 Å². The van der Waals surface area contributed by atoms with Crippen molar-refractivity contribution in [1.82, 2.24) is 5.32 Å². The van der Waals surface area contributed by atoms with Crippen molar-refractivity contribution >= 4 is 23.5 Å². The van der Waals surface area contributed by atoms with E-state index in [1.54, 1.807) is 0 Å². The molecule has 1 aromatic carbocycles. The van der Waals surface area contributed by atoms with Crippen molar-refractivity contribution in [3.8, 4) is 0 Å². The van der Waals surface area contributed by atoms with Crippen LogP contribution in [-0.4, -0.2) is 23.5 Å². The Balaban J connectivity index is 1.73. The first kappa shape index (κ1) is 14.9. The molecule has 2 atom stereocenters. The Bertz CT molecular complexity index is 486. The fourth-order valence-electron chi connectivity index (χ4n) is 2.57. The van der Waals surface area contributed by atoms with Gasteiger partial charge >= 0.3 is 5.97 Å². The van der Waals surface area contributed by atoms with Crippen LogP contribution >= 0.6 is 11.6 Å². The van der Waals surface area contributed by atoms with Gasteiger partial charge in [0.05, 0.1) is 5.92 Å². The summed E-state index contributed by atoms with van der Waals surface area (Å²) >= 11 is 5.80. The summed E-state index contributed by atoms with van der Waals surface area (Å²) in [6.45, 7) is 0.564. The van der Waals surface area contributed by atoms with Crippen molar-refractivity contribution in [3.63, 3.8) is 0 Å². The summed E-state index contributed by atoms with van der Waals surface area (Å²) < 4.78 is 0. The molecular weight excluding hydrogens is 278 g/mol. The van der Waals surface area contributed by atoms with Gasteiger partial charge in [-0.05, 0) is 43.4 Å². The molecule has 4 nitrogen and oxygen atoms in total. The van der Waals surface area contributed by atoms with Gasteiger partial charge in [0, 0.05) is 17.5 Å². The molecule has 0 saturated heterocycles. The zero-order valence-corrected chi connectivity index (χ0v) is 11.9. The minimum atomic E-state index is -0.790. The summed E-state index contributed by atoms with van der Waals surface area (Å²) in [5.41, 5.74) is 1.12. The first-order valence-corrected chi connectivity index (χ1v) is 7.19. The van der Waals surface area contributed by atoms with Crippen molar-refractivity contribution < 1.29 is 14.7 Å². The zero-order chi connectivity index (χ0) is 14.5. The Morgan fingerprint density at radius 1 is 1.20 bits per heavy atom. The molecule has 0 heterocycles. The number of hydrogen-bond acceptors (Lipinski definition) is 2. The Kier molecular flexibility index (Phi) is 5.01. The lowest BCUT2D eigenvalue weighted by atomic mass is 10.0. The summed E-state index contributed by atoms with van der Waals surface area (Å²) in [5, 5.41) is 12.5. The van der Waals surface area contributed by atoms with E-state index < -0.39 is 5.97 Å². The number of hydrogen-bond donors (Lipinski definition) is 2. The molecule has 20 heavy (non-hydrogen) atoms. The highest BCUT2D eigenvalue weighted by molar-refractivity contribution is 6.30. The first-order chi connectivity index (χ1) is 9.56. The number of carboxylic acids is 1. The van der Waals surface area contributed by atoms with Crippen LogP contribution in [0.1, 0.15) is 24.8 Å². The third-order valence-electron chi connectivity index (χ3n) is 3.78. The standard InChI is InChI=1S/C15H18ClNO3/c16-13-5-1-10(2-6-13)7-8-17-14(18)11-3-4-12(9-11)15(19)20/h1-2,5-6,11-12H,3-4,7-9H2,(H,17,18)(H,19,20). The van der Waals surface area contributed by atoms with Gasteiger partial charge in [-0.1, -0.05) is 23.7 Å². The normalized spacial score (nSPS) is 21.6. The molecule has 1 fully saturated rings. The minimum Gasteiger partial charge on any atom is -0.481 e. The van der Waals surface area contributed by atoms with Gasteiger partial charge in [-0.15, -0.1) is 0 Å². The Morgan fingerprint density at radius 2 is 1.85 bits per heavy atom. The zero-order valence-electron chi connectivity index (χ0n) is 11.1. The van der Waals surface area contributed by atoms with Gasteiger partial charge in [-0.2, -0.15) is 0 Å². The monoisotopic (exact) mass is 295 g/mol. The van der Waals surface area contributed by atoms with Gasteiger partial charge in [0.2, 0.25) is 5.91 Å². The molecule has 0 bridgehead atoms.